The molecular weight excluding hydrogens is 198 g/mol. The van der Waals surface area contributed by atoms with Crippen LogP contribution in [0.1, 0.15) is 11.1 Å². The quantitative estimate of drug-likeness (QED) is 0.744. The van der Waals surface area contributed by atoms with Gasteiger partial charge in [-0.1, -0.05) is 23.8 Å². The van der Waals surface area contributed by atoms with Gasteiger partial charge in [0, 0.05) is 5.69 Å². The SMILES string of the molecule is Cc1ccc(Nc2cc(C)ccc2O)cc1. The van der Waals surface area contributed by atoms with Crippen LogP contribution in [0, 0.1) is 13.8 Å². The average molecular weight is 213 g/mol. The van der Waals surface area contributed by atoms with Crippen LogP contribution in [0.4, 0.5) is 11.4 Å². The molecule has 0 aliphatic carbocycles. The van der Waals surface area contributed by atoms with Crippen LogP contribution in [0.2, 0.25) is 0 Å². The molecule has 2 N–H and O–H groups in total. The minimum absolute atomic E-state index is 0.270. The lowest BCUT2D eigenvalue weighted by Gasteiger charge is -2.09. The number of anilines is 2. The summed E-state index contributed by atoms with van der Waals surface area (Å²) in [4.78, 5) is 0. The second-order valence-electron chi connectivity index (χ2n) is 4.01. The molecule has 2 aromatic carbocycles. The van der Waals surface area contributed by atoms with E-state index in [1.165, 1.54) is 5.56 Å². The van der Waals surface area contributed by atoms with E-state index in [4.69, 9.17) is 0 Å². The molecule has 0 amide bonds. The molecule has 0 aromatic heterocycles. The first-order valence-corrected chi connectivity index (χ1v) is 5.28. The maximum absolute atomic E-state index is 9.69. The third-order valence-corrected chi connectivity index (χ3v) is 2.48. The van der Waals surface area contributed by atoms with Crippen LogP contribution in [0.3, 0.4) is 0 Å². The van der Waals surface area contributed by atoms with Crippen molar-refractivity contribution in [3.63, 3.8) is 0 Å². The van der Waals surface area contributed by atoms with Crippen LogP contribution >= 0.6 is 0 Å². The molecule has 0 unspecified atom stereocenters. The standard InChI is InChI=1S/C14H15NO/c1-10-3-6-12(7-4-10)15-13-9-11(2)5-8-14(13)16/h3-9,15-16H,1-2H3. The predicted octanol–water partition coefficient (Wildman–Crippen LogP) is 3.75. The second kappa shape index (κ2) is 4.27. The van der Waals surface area contributed by atoms with Crippen molar-refractivity contribution in [1.29, 1.82) is 0 Å². The maximum atomic E-state index is 9.69. The van der Waals surface area contributed by atoms with Crippen molar-refractivity contribution in [2.75, 3.05) is 5.32 Å². The fourth-order valence-electron chi connectivity index (χ4n) is 1.54. The number of phenolic OH excluding ortho intramolecular Hbond substituents is 1. The summed E-state index contributed by atoms with van der Waals surface area (Å²) < 4.78 is 0. The molecule has 0 saturated heterocycles. The highest BCUT2D eigenvalue weighted by Crippen LogP contribution is 2.27. The van der Waals surface area contributed by atoms with Crippen molar-refractivity contribution in [1.82, 2.24) is 0 Å². The van der Waals surface area contributed by atoms with Gasteiger partial charge in [0.25, 0.3) is 0 Å². The van der Waals surface area contributed by atoms with Crippen LogP contribution in [-0.4, -0.2) is 5.11 Å². The summed E-state index contributed by atoms with van der Waals surface area (Å²) in [7, 11) is 0. The number of phenols is 1. The first-order chi connectivity index (χ1) is 7.65. The molecule has 2 aromatic rings. The molecule has 0 radical (unpaired) electrons. The van der Waals surface area contributed by atoms with E-state index in [9.17, 15) is 5.11 Å². The molecule has 0 saturated carbocycles. The minimum Gasteiger partial charge on any atom is -0.506 e. The number of hydrogen-bond acceptors (Lipinski definition) is 2. The van der Waals surface area contributed by atoms with Gasteiger partial charge < -0.3 is 10.4 Å². The largest absolute Gasteiger partial charge is 0.506 e. The minimum atomic E-state index is 0.270. The summed E-state index contributed by atoms with van der Waals surface area (Å²) in [6, 6.07) is 13.6. The predicted molar refractivity (Wildman–Crippen MR) is 67.3 cm³/mol. The van der Waals surface area contributed by atoms with Gasteiger partial charge in [-0.15, -0.1) is 0 Å². The van der Waals surface area contributed by atoms with Crippen LogP contribution in [0.5, 0.6) is 5.75 Å². The summed E-state index contributed by atoms with van der Waals surface area (Å²) in [5.41, 5.74) is 4.06. The number of aromatic hydroxyl groups is 1. The highest BCUT2D eigenvalue weighted by Gasteiger charge is 2.01. The molecular formula is C14H15NO. The Bertz CT molecular complexity index is 489. The van der Waals surface area contributed by atoms with Crippen molar-refractivity contribution >= 4 is 11.4 Å². The van der Waals surface area contributed by atoms with E-state index in [2.05, 4.69) is 5.32 Å². The van der Waals surface area contributed by atoms with Gasteiger partial charge in [0.2, 0.25) is 0 Å². The molecule has 2 heteroatoms. The molecule has 0 atom stereocenters. The fourth-order valence-corrected chi connectivity index (χ4v) is 1.54. The first kappa shape index (κ1) is 10.6. The van der Waals surface area contributed by atoms with Crippen LogP contribution in [-0.2, 0) is 0 Å². The van der Waals surface area contributed by atoms with Crippen LogP contribution in [0.15, 0.2) is 42.5 Å². The topological polar surface area (TPSA) is 32.3 Å². The van der Waals surface area contributed by atoms with Crippen molar-refractivity contribution in [3.8, 4) is 5.75 Å². The highest BCUT2D eigenvalue weighted by molar-refractivity contribution is 5.66. The summed E-state index contributed by atoms with van der Waals surface area (Å²) in [5, 5.41) is 12.9. The van der Waals surface area contributed by atoms with Crippen molar-refractivity contribution < 1.29 is 5.11 Å². The maximum Gasteiger partial charge on any atom is 0.139 e. The third-order valence-electron chi connectivity index (χ3n) is 2.48. The zero-order chi connectivity index (χ0) is 11.5. The monoisotopic (exact) mass is 213 g/mol. The number of rotatable bonds is 2. The van der Waals surface area contributed by atoms with Gasteiger partial charge in [-0.2, -0.15) is 0 Å². The van der Waals surface area contributed by atoms with E-state index in [-0.39, 0.29) is 5.75 Å². The molecule has 0 fully saturated rings. The van der Waals surface area contributed by atoms with E-state index < -0.39 is 0 Å². The fraction of sp³-hybridized carbons (Fsp3) is 0.143. The second-order valence-corrected chi connectivity index (χ2v) is 4.01. The third kappa shape index (κ3) is 2.34. The summed E-state index contributed by atoms with van der Waals surface area (Å²) >= 11 is 0. The van der Waals surface area contributed by atoms with Gasteiger partial charge in [0.1, 0.15) is 5.75 Å². The van der Waals surface area contributed by atoms with E-state index in [0.29, 0.717) is 0 Å². The first-order valence-electron chi connectivity index (χ1n) is 5.28. The summed E-state index contributed by atoms with van der Waals surface area (Å²) in [5.74, 6) is 0.270. The number of nitrogens with one attached hydrogen (secondary N) is 1. The molecule has 0 aliphatic heterocycles. The zero-order valence-corrected chi connectivity index (χ0v) is 9.49. The lowest BCUT2D eigenvalue weighted by atomic mass is 10.2. The Balaban J connectivity index is 2.26. The van der Waals surface area contributed by atoms with Gasteiger partial charge in [-0.3, -0.25) is 0 Å². The van der Waals surface area contributed by atoms with Gasteiger partial charge in [0.15, 0.2) is 0 Å². The smallest absolute Gasteiger partial charge is 0.139 e. The lowest BCUT2D eigenvalue weighted by Crippen LogP contribution is -1.91. The average Bonchev–Trinajstić information content (AvgIpc) is 2.27. The molecule has 0 aliphatic rings. The lowest BCUT2D eigenvalue weighted by molar-refractivity contribution is 0.477. The zero-order valence-electron chi connectivity index (χ0n) is 9.49. The van der Waals surface area contributed by atoms with Gasteiger partial charge >= 0.3 is 0 Å². The van der Waals surface area contributed by atoms with E-state index in [1.54, 1.807) is 6.07 Å². The van der Waals surface area contributed by atoms with Crippen molar-refractivity contribution in [2.45, 2.75) is 13.8 Å². The molecule has 0 bridgehead atoms. The Labute approximate surface area is 95.6 Å². The van der Waals surface area contributed by atoms with E-state index >= 15 is 0 Å². The molecule has 2 nitrogen and oxygen atoms in total. The Morgan fingerprint density at radius 3 is 2.19 bits per heavy atom. The molecule has 82 valence electrons. The van der Waals surface area contributed by atoms with E-state index in [1.807, 2.05) is 50.2 Å². The van der Waals surface area contributed by atoms with E-state index in [0.717, 1.165) is 16.9 Å². The van der Waals surface area contributed by atoms with Gasteiger partial charge in [-0.25, -0.2) is 0 Å². The Kier molecular flexibility index (Phi) is 2.82. The number of benzene rings is 2. The van der Waals surface area contributed by atoms with Crippen molar-refractivity contribution in [3.05, 3.63) is 53.6 Å². The summed E-state index contributed by atoms with van der Waals surface area (Å²) in [6.07, 6.45) is 0. The van der Waals surface area contributed by atoms with Gasteiger partial charge in [-0.05, 0) is 43.7 Å². The van der Waals surface area contributed by atoms with Gasteiger partial charge in [0.05, 0.1) is 5.69 Å². The molecule has 2 rings (SSSR count). The number of aryl methyl sites for hydroxylation is 2. The van der Waals surface area contributed by atoms with Crippen LogP contribution in [0.25, 0.3) is 0 Å². The Morgan fingerprint density at radius 1 is 0.875 bits per heavy atom. The molecule has 0 heterocycles. The van der Waals surface area contributed by atoms with Crippen molar-refractivity contribution in [2.24, 2.45) is 0 Å². The molecule has 0 spiro atoms. The van der Waals surface area contributed by atoms with Crippen LogP contribution < -0.4 is 5.32 Å². The molecule has 16 heavy (non-hydrogen) atoms. The summed E-state index contributed by atoms with van der Waals surface area (Å²) in [6.45, 7) is 4.05. The highest BCUT2D eigenvalue weighted by atomic mass is 16.3. The normalized spacial score (nSPS) is 10.1. The Morgan fingerprint density at radius 2 is 1.50 bits per heavy atom. The number of hydrogen-bond donors (Lipinski definition) is 2. The Hall–Kier alpha value is -1.96.